The maximum absolute atomic E-state index is 12.4. The van der Waals surface area contributed by atoms with Gasteiger partial charge in [-0.1, -0.05) is 43.0 Å². The Hall–Kier alpha value is -0.490. The van der Waals surface area contributed by atoms with Crippen LogP contribution in [-0.2, 0) is 10.0 Å². The average Bonchev–Trinajstić information content (AvgIpc) is 2.35. The van der Waals surface area contributed by atoms with Gasteiger partial charge in [-0.15, -0.1) is 0 Å². The van der Waals surface area contributed by atoms with Crippen molar-refractivity contribution in [1.82, 2.24) is 4.31 Å². The lowest BCUT2D eigenvalue weighted by atomic mass is 10.2. The van der Waals surface area contributed by atoms with E-state index < -0.39 is 10.0 Å². The average molecular weight is 325 g/mol. The fourth-order valence-corrected chi connectivity index (χ4v) is 3.57. The van der Waals surface area contributed by atoms with Gasteiger partial charge in [-0.3, -0.25) is 0 Å². The number of halogens is 2. The molecule has 0 aliphatic carbocycles. The summed E-state index contributed by atoms with van der Waals surface area (Å²) < 4.78 is 26.0. The second kappa shape index (κ2) is 6.79. The minimum atomic E-state index is -3.63. The number of nitrogen functional groups attached to an aromatic ring is 1. The Bertz CT molecular complexity index is 547. The molecule has 19 heavy (non-hydrogen) atoms. The maximum Gasteiger partial charge on any atom is 0.244 e. The van der Waals surface area contributed by atoms with Gasteiger partial charge >= 0.3 is 0 Å². The molecule has 0 amide bonds. The molecule has 0 bridgehead atoms. The van der Waals surface area contributed by atoms with Crippen LogP contribution < -0.4 is 5.73 Å². The Balaban J connectivity index is 3.04. The molecule has 0 radical (unpaired) electrons. The summed E-state index contributed by atoms with van der Waals surface area (Å²) in [6.45, 7) is 2.51. The van der Waals surface area contributed by atoms with Gasteiger partial charge in [0.25, 0.3) is 0 Å². The topological polar surface area (TPSA) is 63.4 Å². The molecule has 2 N–H and O–H groups in total. The Morgan fingerprint density at radius 2 is 1.89 bits per heavy atom. The summed E-state index contributed by atoms with van der Waals surface area (Å²) in [6.07, 6.45) is 2.83. The van der Waals surface area contributed by atoms with Gasteiger partial charge in [0.05, 0.1) is 15.7 Å². The molecule has 0 unspecified atom stereocenters. The number of nitrogens with two attached hydrogens (primary N) is 1. The molecule has 0 spiro atoms. The summed E-state index contributed by atoms with van der Waals surface area (Å²) in [6, 6.07) is 2.82. The highest BCUT2D eigenvalue weighted by molar-refractivity contribution is 7.89. The number of sulfonamides is 1. The van der Waals surface area contributed by atoms with Crippen LogP contribution in [0.1, 0.15) is 26.2 Å². The van der Waals surface area contributed by atoms with Crippen molar-refractivity contribution < 1.29 is 8.42 Å². The highest BCUT2D eigenvalue weighted by atomic mass is 35.5. The van der Waals surface area contributed by atoms with E-state index in [1.54, 1.807) is 0 Å². The van der Waals surface area contributed by atoms with Crippen LogP contribution in [0.15, 0.2) is 17.0 Å². The van der Waals surface area contributed by atoms with Crippen molar-refractivity contribution in [1.29, 1.82) is 0 Å². The van der Waals surface area contributed by atoms with Crippen molar-refractivity contribution in [3.05, 3.63) is 22.2 Å². The molecule has 0 heterocycles. The summed E-state index contributed by atoms with van der Waals surface area (Å²) in [7, 11) is -2.09. The molecule has 0 aliphatic rings. The van der Waals surface area contributed by atoms with E-state index in [9.17, 15) is 8.42 Å². The minimum Gasteiger partial charge on any atom is -0.396 e. The summed E-state index contributed by atoms with van der Waals surface area (Å²) in [5.41, 5.74) is 5.74. The molecule has 1 rings (SSSR count). The number of hydrogen-bond donors (Lipinski definition) is 1. The number of anilines is 1. The van der Waals surface area contributed by atoms with E-state index in [1.165, 1.54) is 23.5 Å². The van der Waals surface area contributed by atoms with Crippen LogP contribution in [0.3, 0.4) is 0 Å². The Morgan fingerprint density at radius 1 is 1.26 bits per heavy atom. The maximum atomic E-state index is 12.4. The van der Waals surface area contributed by atoms with Gasteiger partial charge in [-0.2, -0.15) is 0 Å². The molecular formula is C12H18Cl2N2O2S. The van der Waals surface area contributed by atoms with Crippen LogP contribution >= 0.6 is 23.2 Å². The molecule has 0 saturated carbocycles. The second-order valence-corrected chi connectivity index (χ2v) is 7.11. The molecule has 4 nitrogen and oxygen atoms in total. The first-order valence-corrected chi connectivity index (χ1v) is 8.21. The molecule has 7 heteroatoms. The normalized spacial score (nSPS) is 12.1. The highest BCUT2D eigenvalue weighted by Crippen LogP contribution is 2.34. The van der Waals surface area contributed by atoms with Crippen molar-refractivity contribution in [2.45, 2.75) is 31.1 Å². The fourth-order valence-electron chi connectivity index (χ4n) is 1.62. The van der Waals surface area contributed by atoms with E-state index in [-0.39, 0.29) is 20.6 Å². The number of hydrogen-bond acceptors (Lipinski definition) is 3. The monoisotopic (exact) mass is 324 g/mol. The zero-order chi connectivity index (χ0) is 14.6. The molecule has 0 aromatic heterocycles. The summed E-state index contributed by atoms with van der Waals surface area (Å²) >= 11 is 11.8. The first-order valence-electron chi connectivity index (χ1n) is 6.02. The third-order valence-electron chi connectivity index (χ3n) is 2.86. The summed E-state index contributed by atoms with van der Waals surface area (Å²) in [5, 5.41) is 0.229. The Kier molecular flexibility index (Phi) is 5.92. The smallest absolute Gasteiger partial charge is 0.244 e. The van der Waals surface area contributed by atoms with E-state index in [0.29, 0.717) is 6.54 Å². The SMILES string of the molecule is CCCCCN(C)S(=O)(=O)c1ccc(Cl)c(N)c1Cl. The molecule has 0 atom stereocenters. The predicted octanol–water partition coefficient (Wildman–Crippen LogP) is 3.39. The van der Waals surface area contributed by atoms with Crippen molar-refractivity contribution in [3.63, 3.8) is 0 Å². The Labute approximate surface area is 124 Å². The van der Waals surface area contributed by atoms with Gasteiger partial charge in [0, 0.05) is 13.6 Å². The van der Waals surface area contributed by atoms with Gasteiger partial charge in [0.1, 0.15) is 4.90 Å². The van der Waals surface area contributed by atoms with Crippen LogP contribution in [0, 0.1) is 0 Å². The van der Waals surface area contributed by atoms with E-state index in [1.807, 2.05) is 0 Å². The summed E-state index contributed by atoms with van der Waals surface area (Å²) in [4.78, 5) is -0.00457. The van der Waals surface area contributed by atoms with E-state index in [0.717, 1.165) is 19.3 Å². The number of nitrogens with zero attached hydrogens (tertiary/aromatic N) is 1. The zero-order valence-electron chi connectivity index (χ0n) is 11.0. The second-order valence-electron chi connectivity index (χ2n) is 4.31. The lowest BCUT2D eigenvalue weighted by Gasteiger charge is -2.18. The minimum absolute atomic E-state index is 0.00457. The summed E-state index contributed by atoms with van der Waals surface area (Å²) in [5.74, 6) is 0. The molecule has 108 valence electrons. The van der Waals surface area contributed by atoms with Crippen LogP contribution in [0.2, 0.25) is 10.0 Å². The van der Waals surface area contributed by atoms with Gasteiger partial charge in [-0.25, -0.2) is 12.7 Å². The number of benzene rings is 1. The first-order chi connectivity index (χ1) is 8.82. The standard InChI is InChI=1S/C12H18Cl2N2O2S/c1-3-4-5-8-16(2)19(17,18)10-7-6-9(13)12(15)11(10)14/h6-7H,3-5,8,15H2,1-2H3. The van der Waals surface area contributed by atoms with E-state index >= 15 is 0 Å². The zero-order valence-corrected chi connectivity index (χ0v) is 13.3. The largest absolute Gasteiger partial charge is 0.396 e. The number of rotatable bonds is 6. The molecule has 0 fully saturated rings. The van der Waals surface area contributed by atoms with Crippen LogP contribution in [-0.4, -0.2) is 26.3 Å². The van der Waals surface area contributed by atoms with Gasteiger partial charge in [-0.05, 0) is 18.6 Å². The Morgan fingerprint density at radius 3 is 2.47 bits per heavy atom. The van der Waals surface area contributed by atoms with Crippen LogP contribution in [0.25, 0.3) is 0 Å². The molecular weight excluding hydrogens is 307 g/mol. The number of unbranched alkanes of at least 4 members (excludes halogenated alkanes) is 2. The predicted molar refractivity (Wildman–Crippen MR) is 80.2 cm³/mol. The quantitative estimate of drug-likeness (QED) is 0.644. The van der Waals surface area contributed by atoms with Gasteiger partial charge in [0.15, 0.2) is 0 Å². The van der Waals surface area contributed by atoms with Gasteiger partial charge < -0.3 is 5.73 Å². The van der Waals surface area contributed by atoms with Gasteiger partial charge in [0.2, 0.25) is 10.0 Å². The first kappa shape index (κ1) is 16.6. The lowest BCUT2D eigenvalue weighted by molar-refractivity contribution is 0.454. The lowest BCUT2D eigenvalue weighted by Crippen LogP contribution is -2.28. The third kappa shape index (κ3) is 3.75. The molecule has 0 aliphatic heterocycles. The van der Waals surface area contributed by atoms with E-state index in [4.69, 9.17) is 28.9 Å². The fraction of sp³-hybridized carbons (Fsp3) is 0.500. The van der Waals surface area contributed by atoms with Crippen LogP contribution in [0.4, 0.5) is 5.69 Å². The van der Waals surface area contributed by atoms with E-state index in [2.05, 4.69) is 6.92 Å². The van der Waals surface area contributed by atoms with Crippen molar-refractivity contribution in [2.75, 3.05) is 19.3 Å². The highest BCUT2D eigenvalue weighted by Gasteiger charge is 2.24. The third-order valence-corrected chi connectivity index (χ3v) is 5.60. The van der Waals surface area contributed by atoms with Crippen molar-refractivity contribution in [2.24, 2.45) is 0 Å². The van der Waals surface area contributed by atoms with Crippen molar-refractivity contribution >= 4 is 38.9 Å². The molecule has 0 saturated heterocycles. The van der Waals surface area contributed by atoms with Crippen LogP contribution in [0.5, 0.6) is 0 Å². The molecule has 1 aromatic carbocycles. The molecule has 1 aromatic rings. The van der Waals surface area contributed by atoms with Crippen molar-refractivity contribution in [3.8, 4) is 0 Å².